The summed E-state index contributed by atoms with van der Waals surface area (Å²) >= 11 is 0. The molecule has 0 amide bonds. The minimum absolute atomic E-state index is 0.0281. The van der Waals surface area contributed by atoms with Gasteiger partial charge in [-0.2, -0.15) is 17.9 Å². The van der Waals surface area contributed by atoms with Gasteiger partial charge in [-0.05, 0) is 35.4 Å². The number of ether oxygens (including phenoxy) is 2. The standard InChI is InChI=1S/C23H18F3N3O4S/c24-23(25,26)22-27-17-8-6-15(12-18(17)28-22)21(14-4-2-1-3-5-14)29-34(30,31)16-7-9-19-20(13-16)33-11-10-32-19/h1-9,12-13,21,29H,10-11H2,(H,27,28)/t21-/m1/s1. The number of aromatic nitrogens is 2. The topological polar surface area (TPSA) is 93.3 Å². The van der Waals surface area contributed by atoms with Crippen LogP contribution in [0.1, 0.15) is 23.0 Å². The SMILES string of the molecule is O=S(=O)(N[C@H](c1ccccc1)c1ccc2nc(C(F)(F)F)[nH]c2c1)c1ccc2c(c1)OCCO2. The Morgan fingerprint density at radius 3 is 2.38 bits per heavy atom. The Bertz CT molecular complexity index is 1450. The Morgan fingerprint density at radius 2 is 1.65 bits per heavy atom. The molecule has 0 unspecified atom stereocenters. The number of nitrogens with one attached hydrogen (secondary N) is 2. The lowest BCUT2D eigenvalue weighted by molar-refractivity contribution is -0.144. The maximum Gasteiger partial charge on any atom is 0.449 e. The summed E-state index contributed by atoms with van der Waals surface area (Å²) in [6.45, 7) is 0.681. The first kappa shape index (κ1) is 22.2. The van der Waals surface area contributed by atoms with Gasteiger partial charge in [0, 0.05) is 6.07 Å². The molecule has 4 aromatic rings. The summed E-state index contributed by atoms with van der Waals surface area (Å²) in [6.07, 6.45) is -4.63. The monoisotopic (exact) mass is 489 g/mol. The van der Waals surface area contributed by atoms with Gasteiger partial charge in [0.25, 0.3) is 0 Å². The summed E-state index contributed by atoms with van der Waals surface area (Å²) < 4.78 is 79.4. The molecule has 0 fully saturated rings. The van der Waals surface area contributed by atoms with Crippen LogP contribution in [-0.2, 0) is 16.2 Å². The Kier molecular flexibility index (Phi) is 5.45. The maximum atomic E-state index is 13.3. The molecule has 34 heavy (non-hydrogen) atoms. The van der Waals surface area contributed by atoms with Crippen molar-refractivity contribution >= 4 is 21.1 Å². The maximum absolute atomic E-state index is 13.3. The van der Waals surface area contributed by atoms with E-state index in [4.69, 9.17) is 9.47 Å². The van der Waals surface area contributed by atoms with Crippen molar-refractivity contribution in [2.45, 2.75) is 17.1 Å². The van der Waals surface area contributed by atoms with Crippen LogP contribution < -0.4 is 14.2 Å². The Hall–Kier alpha value is -3.57. The van der Waals surface area contributed by atoms with Gasteiger partial charge in [0.2, 0.25) is 15.8 Å². The number of aromatic amines is 1. The number of hydrogen-bond acceptors (Lipinski definition) is 5. The van der Waals surface area contributed by atoms with Crippen molar-refractivity contribution < 1.29 is 31.1 Å². The lowest BCUT2D eigenvalue weighted by atomic mass is 9.99. The molecular formula is C23H18F3N3O4S. The third-order valence-electron chi connectivity index (χ3n) is 5.34. The average Bonchev–Trinajstić information content (AvgIpc) is 3.27. The van der Waals surface area contributed by atoms with Gasteiger partial charge in [-0.25, -0.2) is 13.4 Å². The van der Waals surface area contributed by atoms with E-state index >= 15 is 0 Å². The van der Waals surface area contributed by atoms with Crippen molar-refractivity contribution in [2.24, 2.45) is 0 Å². The summed E-state index contributed by atoms with van der Waals surface area (Å²) in [4.78, 5) is 5.81. The number of nitrogens with zero attached hydrogens (tertiary/aromatic N) is 1. The van der Waals surface area contributed by atoms with Crippen LogP contribution in [0.3, 0.4) is 0 Å². The molecule has 176 valence electrons. The average molecular weight is 489 g/mol. The van der Waals surface area contributed by atoms with Gasteiger partial charge < -0.3 is 14.5 Å². The van der Waals surface area contributed by atoms with Crippen LogP contribution in [0.2, 0.25) is 0 Å². The second kappa shape index (κ2) is 8.33. The highest BCUT2D eigenvalue weighted by atomic mass is 32.2. The fourth-order valence-electron chi connectivity index (χ4n) is 3.73. The largest absolute Gasteiger partial charge is 0.486 e. The number of halogens is 3. The third-order valence-corrected chi connectivity index (χ3v) is 6.76. The molecule has 1 aliphatic rings. The van der Waals surface area contributed by atoms with Crippen molar-refractivity contribution in [3.63, 3.8) is 0 Å². The Balaban J connectivity index is 1.55. The van der Waals surface area contributed by atoms with Gasteiger partial charge >= 0.3 is 6.18 Å². The van der Waals surface area contributed by atoms with Crippen molar-refractivity contribution in [1.82, 2.24) is 14.7 Å². The fourth-order valence-corrected chi connectivity index (χ4v) is 4.96. The van der Waals surface area contributed by atoms with Crippen LogP contribution >= 0.6 is 0 Å². The number of hydrogen-bond donors (Lipinski definition) is 2. The molecule has 0 saturated heterocycles. The zero-order chi connectivity index (χ0) is 23.9. The van der Waals surface area contributed by atoms with Gasteiger partial charge in [0.1, 0.15) is 13.2 Å². The highest BCUT2D eigenvalue weighted by molar-refractivity contribution is 7.89. The molecule has 0 spiro atoms. The lowest BCUT2D eigenvalue weighted by Crippen LogP contribution is -2.29. The number of imidazole rings is 1. The van der Waals surface area contributed by atoms with Crippen LogP contribution in [0, 0.1) is 0 Å². The first-order valence-corrected chi connectivity index (χ1v) is 11.7. The van der Waals surface area contributed by atoms with Crippen molar-refractivity contribution in [3.05, 3.63) is 83.7 Å². The summed E-state index contributed by atoms with van der Waals surface area (Å²) in [5.41, 5.74) is 1.32. The number of alkyl halides is 3. The molecular weight excluding hydrogens is 471 g/mol. The van der Waals surface area contributed by atoms with Crippen molar-refractivity contribution in [1.29, 1.82) is 0 Å². The number of H-pyrrole nitrogens is 1. The normalized spacial score (nSPS) is 14.8. The molecule has 5 rings (SSSR count). The van der Waals surface area contributed by atoms with Crippen molar-refractivity contribution in [2.75, 3.05) is 13.2 Å². The molecule has 1 atom stereocenters. The molecule has 0 bridgehead atoms. The van der Waals surface area contributed by atoms with Crippen LogP contribution in [0.4, 0.5) is 13.2 Å². The van der Waals surface area contributed by atoms with E-state index in [2.05, 4.69) is 14.7 Å². The number of fused-ring (bicyclic) bond motifs is 2. The van der Waals surface area contributed by atoms with Crippen LogP contribution in [0.25, 0.3) is 11.0 Å². The molecule has 7 nitrogen and oxygen atoms in total. The van der Waals surface area contributed by atoms with Crippen LogP contribution in [0.15, 0.2) is 71.6 Å². The molecule has 11 heteroatoms. The Labute approximate surface area is 192 Å². The second-order valence-corrected chi connectivity index (χ2v) is 9.34. The molecule has 1 aliphatic heterocycles. The zero-order valence-electron chi connectivity index (χ0n) is 17.5. The Morgan fingerprint density at radius 1 is 0.912 bits per heavy atom. The fraction of sp³-hybridized carbons (Fsp3) is 0.174. The van der Waals surface area contributed by atoms with E-state index in [0.29, 0.717) is 35.8 Å². The predicted octanol–water partition coefficient (Wildman–Crippen LogP) is 4.42. The zero-order valence-corrected chi connectivity index (χ0v) is 18.3. The summed E-state index contributed by atoms with van der Waals surface area (Å²) in [6, 6.07) is 16.6. The first-order chi connectivity index (χ1) is 16.2. The molecule has 1 aromatic heterocycles. The highest BCUT2D eigenvalue weighted by Crippen LogP contribution is 2.34. The molecule has 0 saturated carbocycles. The number of rotatable bonds is 5. The number of sulfonamides is 1. The summed E-state index contributed by atoms with van der Waals surface area (Å²) in [5, 5.41) is 0. The molecule has 2 N–H and O–H groups in total. The summed E-state index contributed by atoms with van der Waals surface area (Å²) in [7, 11) is -4.05. The molecule has 3 aromatic carbocycles. The predicted molar refractivity (Wildman–Crippen MR) is 117 cm³/mol. The highest BCUT2D eigenvalue weighted by Gasteiger charge is 2.35. The quantitative estimate of drug-likeness (QED) is 0.433. The molecule has 2 heterocycles. The lowest BCUT2D eigenvalue weighted by Gasteiger charge is -2.22. The van der Waals surface area contributed by atoms with Crippen LogP contribution in [-0.4, -0.2) is 31.6 Å². The van der Waals surface area contributed by atoms with E-state index in [1.807, 2.05) is 0 Å². The van der Waals surface area contributed by atoms with E-state index in [1.165, 1.54) is 30.3 Å². The first-order valence-electron chi connectivity index (χ1n) is 10.2. The second-order valence-electron chi connectivity index (χ2n) is 7.63. The van der Waals surface area contributed by atoms with Crippen LogP contribution in [0.5, 0.6) is 11.5 Å². The summed E-state index contributed by atoms with van der Waals surface area (Å²) in [5.74, 6) is -0.341. The van der Waals surface area contributed by atoms with Gasteiger partial charge in [-0.3, -0.25) is 0 Å². The van der Waals surface area contributed by atoms with Gasteiger partial charge in [-0.15, -0.1) is 0 Å². The van der Waals surface area contributed by atoms with Crippen molar-refractivity contribution in [3.8, 4) is 11.5 Å². The third kappa shape index (κ3) is 4.31. The van der Waals surface area contributed by atoms with Gasteiger partial charge in [0.15, 0.2) is 11.5 Å². The van der Waals surface area contributed by atoms with Gasteiger partial charge in [-0.1, -0.05) is 36.4 Å². The van der Waals surface area contributed by atoms with E-state index in [0.717, 1.165) is 0 Å². The van der Waals surface area contributed by atoms with E-state index in [1.54, 1.807) is 36.4 Å². The minimum Gasteiger partial charge on any atom is -0.486 e. The van der Waals surface area contributed by atoms with E-state index in [-0.39, 0.29) is 15.9 Å². The smallest absolute Gasteiger partial charge is 0.449 e. The number of benzene rings is 3. The molecule has 0 aliphatic carbocycles. The van der Waals surface area contributed by atoms with E-state index < -0.39 is 28.1 Å². The van der Waals surface area contributed by atoms with Gasteiger partial charge in [0.05, 0.1) is 22.0 Å². The minimum atomic E-state index is -4.63. The molecule has 0 radical (unpaired) electrons. The van der Waals surface area contributed by atoms with E-state index in [9.17, 15) is 21.6 Å².